The Hall–Kier alpha value is -0.430. The highest BCUT2D eigenvalue weighted by molar-refractivity contribution is 7.91. The van der Waals surface area contributed by atoms with Gasteiger partial charge in [-0.15, -0.1) is 11.3 Å². The largest absolute Gasteiger partial charge is 0.311 e. The van der Waals surface area contributed by atoms with Crippen LogP contribution in [0.3, 0.4) is 0 Å². The minimum Gasteiger partial charge on any atom is -0.311 e. The number of hydrogen-bond donors (Lipinski definition) is 1. The molecule has 0 spiro atoms. The Morgan fingerprint density at radius 2 is 2.29 bits per heavy atom. The zero-order valence-corrected chi connectivity index (χ0v) is 11.7. The molecule has 1 atom stereocenters. The smallest absolute Gasteiger partial charge is 0.252 e. The van der Waals surface area contributed by atoms with Crippen molar-refractivity contribution in [1.29, 1.82) is 0 Å². The van der Waals surface area contributed by atoms with Crippen molar-refractivity contribution in [3.05, 3.63) is 17.5 Å². The van der Waals surface area contributed by atoms with Gasteiger partial charge in [0.1, 0.15) is 4.21 Å². The summed E-state index contributed by atoms with van der Waals surface area (Å²) in [5, 5.41) is 5.16. The van der Waals surface area contributed by atoms with Crippen LogP contribution < -0.4 is 5.32 Å². The van der Waals surface area contributed by atoms with Crippen molar-refractivity contribution in [2.24, 2.45) is 5.92 Å². The molecular formula is C11H18N2O2S2. The van der Waals surface area contributed by atoms with Crippen LogP contribution in [-0.2, 0) is 10.0 Å². The first-order valence-electron chi connectivity index (χ1n) is 5.79. The number of nitrogens with one attached hydrogen (secondary N) is 1. The first-order valence-corrected chi connectivity index (χ1v) is 8.11. The van der Waals surface area contributed by atoms with Gasteiger partial charge in [0.05, 0.1) is 0 Å². The molecule has 0 saturated carbocycles. The molecule has 1 saturated heterocycles. The summed E-state index contributed by atoms with van der Waals surface area (Å²) in [4.78, 5) is 0. The SMILES string of the molecule is CC(C)C1CN(S(=O)(=O)c2cccs2)CCN1. The molecule has 1 aliphatic heterocycles. The quantitative estimate of drug-likeness (QED) is 0.905. The fourth-order valence-electron chi connectivity index (χ4n) is 1.95. The van der Waals surface area contributed by atoms with E-state index in [1.165, 1.54) is 11.3 Å². The summed E-state index contributed by atoms with van der Waals surface area (Å²) in [5.74, 6) is 0.441. The Morgan fingerprint density at radius 1 is 1.53 bits per heavy atom. The van der Waals surface area contributed by atoms with Gasteiger partial charge < -0.3 is 5.32 Å². The fraction of sp³-hybridized carbons (Fsp3) is 0.636. The van der Waals surface area contributed by atoms with E-state index in [0.29, 0.717) is 23.2 Å². The van der Waals surface area contributed by atoms with Gasteiger partial charge in [0.2, 0.25) is 0 Å². The molecule has 4 nitrogen and oxygen atoms in total. The lowest BCUT2D eigenvalue weighted by atomic mass is 10.0. The molecule has 17 heavy (non-hydrogen) atoms. The highest BCUT2D eigenvalue weighted by atomic mass is 32.2. The lowest BCUT2D eigenvalue weighted by molar-refractivity contribution is 0.256. The summed E-state index contributed by atoms with van der Waals surface area (Å²) < 4.78 is 26.7. The summed E-state index contributed by atoms with van der Waals surface area (Å²) in [6.45, 7) is 6.08. The summed E-state index contributed by atoms with van der Waals surface area (Å²) in [6.07, 6.45) is 0. The second-order valence-corrected chi connectivity index (χ2v) is 7.71. The molecule has 0 aromatic carbocycles. The number of rotatable bonds is 3. The van der Waals surface area contributed by atoms with Crippen LogP contribution in [0.5, 0.6) is 0 Å². The molecule has 0 radical (unpaired) electrons. The average Bonchev–Trinajstić information content (AvgIpc) is 2.83. The highest BCUT2D eigenvalue weighted by Gasteiger charge is 2.31. The predicted octanol–water partition coefficient (Wildman–Crippen LogP) is 1.37. The molecule has 0 aliphatic carbocycles. The molecule has 1 aliphatic rings. The van der Waals surface area contributed by atoms with Gasteiger partial charge in [-0.2, -0.15) is 4.31 Å². The molecule has 0 bridgehead atoms. The maximum absolute atomic E-state index is 12.3. The Balaban J connectivity index is 2.17. The van der Waals surface area contributed by atoms with Gasteiger partial charge >= 0.3 is 0 Å². The molecule has 1 N–H and O–H groups in total. The van der Waals surface area contributed by atoms with Gasteiger partial charge in [0.15, 0.2) is 0 Å². The van der Waals surface area contributed by atoms with Crippen LogP contribution in [0, 0.1) is 5.92 Å². The van der Waals surface area contributed by atoms with Crippen LogP contribution in [0.2, 0.25) is 0 Å². The minimum absolute atomic E-state index is 0.249. The van der Waals surface area contributed by atoms with Crippen LogP contribution in [0.1, 0.15) is 13.8 Å². The van der Waals surface area contributed by atoms with Crippen molar-refractivity contribution in [3.8, 4) is 0 Å². The van der Waals surface area contributed by atoms with Crippen LogP contribution in [0.25, 0.3) is 0 Å². The van der Waals surface area contributed by atoms with Crippen LogP contribution in [0.4, 0.5) is 0 Å². The molecule has 6 heteroatoms. The van der Waals surface area contributed by atoms with Crippen LogP contribution in [0.15, 0.2) is 21.7 Å². The van der Waals surface area contributed by atoms with Crippen molar-refractivity contribution < 1.29 is 8.42 Å². The standard InChI is InChI=1S/C11H18N2O2S2/c1-9(2)10-8-13(6-5-12-10)17(14,15)11-4-3-7-16-11/h3-4,7,9-10,12H,5-6,8H2,1-2H3. The predicted molar refractivity (Wildman–Crippen MR) is 69.7 cm³/mol. The van der Waals surface area contributed by atoms with E-state index < -0.39 is 10.0 Å². The van der Waals surface area contributed by atoms with Crippen molar-refractivity contribution in [1.82, 2.24) is 9.62 Å². The van der Waals surface area contributed by atoms with Crippen molar-refractivity contribution in [2.45, 2.75) is 24.1 Å². The van der Waals surface area contributed by atoms with E-state index in [9.17, 15) is 8.42 Å². The molecule has 1 aromatic heterocycles. The average molecular weight is 274 g/mol. The van der Waals surface area contributed by atoms with Crippen molar-refractivity contribution >= 4 is 21.4 Å². The lowest BCUT2D eigenvalue weighted by Gasteiger charge is -2.34. The molecule has 1 aromatic rings. The van der Waals surface area contributed by atoms with Gasteiger partial charge in [0, 0.05) is 25.7 Å². The molecule has 1 unspecified atom stereocenters. The zero-order chi connectivity index (χ0) is 12.5. The Morgan fingerprint density at radius 3 is 2.88 bits per heavy atom. The van der Waals surface area contributed by atoms with Crippen molar-refractivity contribution in [3.63, 3.8) is 0 Å². The first kappa shape index (κ1) is 13.0. The third-order valence-corrected chi connectivity index (χ3v) is 6.30. The van der Waals surface area contributed by atoms with Gasteiger partial charge in [-0.1, -0.05) is 19.9 Å². The number of hydrogen-bond acceptors (Lipinski definition) is 4. The topological polar surface area (TPSA) is 49.4 Å². The summed E-state index contributed by atoms with van der Waals surface area (Å²) in [5.41, 5.74) is 0. The number of piperazine rings is 1. The molecule has 2 rings (SSSR count). The molecule has 2 heterocycles. The van der Waals surface area contributed by atoms with E-state index in [-0.39, 0.29) is 6.04 Å². The number of sulfonamides is 1. The first-order chi connectivity index (χ1) is 8.01. The van der Waals surface area contributed by atoms with Gasteiger partial charge in [-0.05, 0) is 17.4 Å². The Kier molecular flexibility index (Phi) is 3.87. The zero-order valence-electron chi connectivity index (χ0n) is 10.1. The lowest BCUT2D eigenvalue weighted by Crippen LogP contribution is -2.54. The Labute approximate surface area is 107 Å². The third kappa shape index (κ3) is 2.70. The maximum Gasteiger partial charge on any atom is 0.252 e. The number of thiophene rings is 1. The molecule has 1 fully saturated rings. The summed E-state index contributed by atoms with van der Waals surface area (Å²) in [7, 11) is -3.27. The normalized spacial score (nSPS) is 23.1. The van der Waals surface area contributed by atoms with E-state index in [4.69, 9.17) is 0 Å². The van der Waals surface area contributed by atoms with Crippen molar-refractivity contribution in [2.75, 3.05) is 19.6 Å². The second-order valence-electron chi connectivity index (χ2n) is 4.60. The number of nitrogens with zero attached hydrogens (tertiary/aromatic N) is 1. The van der Waals surface area contributed by atoms with Gasteiger partial charge in [-0.3, -0.25) is 0 Å². The van der Waals surface area contributed by atoms with Crippen LogP contribution in [-0.4, -0.2) is 38.4 Å². The highest BCUT2D eigenvalue weighted by Crippen LogP contribution is 2.22. The Bertz CT molecular complexity index is 454. The summed E-state index contributed by atoms with van der Waals surface area (Å²) in [6, 6.07) is 3.70. The van der Waals surface area contributed by atoms with E-state index in [2.05, 4.69) is 19.2 Å². The van der Waals surface area contributed by atoms with E-state index >= 15 is 0 Å². The summed E-state index contributed by atoms with van der Waals surface area (Å²) >= 11 is 1.28. The monoisotopic (exact) mass is 274 g/mol. The van der Waals surface area contributed by atoms with Gasteiger partial charge in [-0.25, -0.2) is 8.42 Å². The van der Waals surface area contributed by atoms with E-state index in [1.807, 2.05) is 0 Å². The minimum atomic E-state index is -3.27. The fourth-order valence-corrected chi connectivity index (χ4v) is 4.56. The third-order valence-electron chi connectivity index (χ3n) is 3.06. The second kappa shape index (κ2) is 5.06. The van der Waals surface area contributed by atoms with E-state index in [0.717, 1.165) is 6.54 Å². The molecule has 96 valence electrons. The molecular weight excluding hydrogens is 256 g/mol. The van der Waals surface area contributed by atoms with Crippen LogP contribution >= 0.6 is 11.3 Å². The maximum atomic E-state index is 12.3. The molecule has 0 amide bonds. The van der Waals surface area contributed by atoms with E-state index in [1.54, 1.807) is 21.8 Å². The van der Waals surface area contributed by atoms with Gasteiger partial charge in [0.25, 0.3) is 10.0 Å².